The normalized spacial score (nSPS) is 25.1. The largest absolute Gasteiger partial charge is 0.486 e. The number of carbonyl (C=O) groups excluding carboxylic acids is 3. The predicted octanol–water partition coefficient (Wildman–Crippen LogP) is 1.48. The second-order valence-corrected chi connectivity index (χ2v) is 9.97. The van der Waals surface area contributed by atoms with Crippen molar-refractivity contribution in [2.45, 2.75) is 68.8 Å². The number of ether oxygens (including phenoxy) is 1. The van der Waals surface area contributed by atoms with Gasteiger partial charge in [0.2, 0.25) is 11.8 Å². The van der Waals surface area contributed by atoms with E-state index in [4.69, 9.17) is 11.2 Å². The molecule has 0 spiro atoms. The summed E-state index contributed by atoms with van der Waals surface area (Å²) >= 11 is 0. The number of rotatable bonds is 7. The number of likely N-dealkylation sites (N-methyl/N-ethyl adjacent to an activating group) is 1. The number of amides is 4. The maximum Gasteiger partial charge on any atom is 0.317 e. The first-order valence-electron chi connectivity index (χ1n) is 13.0. The van der Waals surface area contributed by atoms with E-state index in [-0.39, 0.29) is 36.3 Å². The summed E-state index contributed by atoms with van der Waals surface area (Å²) in [7, 11) is 3.18. The van der Waals surface area contributed by atoms with Crippen LogP contribution in [0.2, 0.25) is 0 Å². The minimum atomic E-state index is -0.838. The van der Waals surface area contributed by atoms with Crippen LogP contribution in [0.25, 0.3) is 0 Å². The Morgan fingerprint density at radius 2 is 1.78 bits per heavy atom. The molecule has 3 N–H and O–H groups in total. The molecule has 2 heterocycles. The fourth-order valence-electron chi connectivity index (χ4n) is 6.01. The molecule has 1 aliphatic carbocycles. The van der Waals surface area contributed by atoms with E-state index in [2.05, 4.69) is 21.9 Å². The van der Waals surface area contributed by atoms with Crippen LogP contribution >= 0.6 is 0 Å². The topological polar surface area (TPSA) is 103 Å². The third kappa shape index (κ3) is 5.67. The monoisotopic (exact) mass is 513 g/mol. The number of terminal acetylenes is 1. The summed E-state index contributed by atoms with van der Waals surface area (Å²) in [5, 5.41) is 8.43. The molecule has 1 saturated carbocycles. The van der Waals surface area contributed by atoms with Crippen LogP contribution in [0.15, 0.2) is 24.3 Å². The molecule has 4 rings (SSSR count). The fraction of sp³-hybridized carbons (Fsp3) is 0.593. The summed E-state index contributed by atoms with van der Waals surface area (Å²) in [6.07, 6.45) is 10.4. The van der Waals surface area contributed by atoms with E-state index in [1.54, 1.807) is 23.9 Å². The number of fused-ring (bicyclic) bond motifs is 1. The van der Waals surface area contributed by atoms with Gasteiger partial charge in [0.15, 0.2) is 0 Å². The van der Waals surface area contributed by atoms with Gasteiger partial charge in [-0.15, -0.1) is 6.42 Å². The SMILES string of the molecule is C#C[C@H](NC)C(=O)N[C@H](C(=O)N1CC[C@@H]2[C@H]1[C@@H](Oc1ccc(F)cc1)CN2C(=O)NC)C1CCCCC1. The zero-order valence-electron chi connectivity index (χ0n) is 21.4. The zero-order chi connectivity index (χ0) is 26.5. The summed E-state index contributed by atoms with van der Waals surface area (Å²) in [4.78, 5) is 43.2. The van der Waals surface area contributed by atoms with E-state index < -0.39 is 30.1 Å². The summed E-state index contributed by atoms with van der Waals surface area (Å²) in [5.74, 6) is 1.94. The number of carbonyl (C=O) groups is 3. The van der Waals surface area contributed by atoms with Gasteiger partial charge in [-0.2, -0.15) is 0 Å². The van der Waals surface area contributed by atoms with Gasteiger partial charge in [-0.25, -0.2) is 9.18 Å². The van der Waals surface area contributed by atoms with Crippen molar-refractivity contribution < 1.29 is 23.5 Å². The lowest BCUT2D eigenvalue weighted by Gasteiger charge is -2.36. The summed E-state index contributed by atoms with van der Waals surface area (Å²) in [6, 6.07) is 3.29. The Balaban J connectivity index is 1.60. The van der Waals surface area contributed by atoms with Crippen LogP contribution in [-0.4, -0.2) is 85.1 Å². The van der Waals surface area contributed by atoms with E-state index in [1.165, 1.54) is 24.3 Å². The standard InChI is InChI=1S/C27H36FN5O4/c1-4-20(29-2)25(34)31-23(17-8-6-5-7-9-17)26(35)32-15-14-21-24(32)22(16-33(21)27(36)30-3)37-19-12-10-18(28)11-13-19/h1,10-13,17,20-24,29H,5-9,14-16H2,2-3H3,(H,30,36)(H,31,34)/t20-,21+,22-,23-,24-/m0/s1. The van der Waals surface area contributed by atoms with E-state index >= 15 is 0 Å². The number of benzene rings is 1. The summed E-state index contributed by atoms with van der Waals surface area (Å²) in [5.41, 5.74) is 0. The van der Waals surface area contributed by atoms with E-state index in [9.17, 15) is 18.8 Å². The second-order valence-electron chi connectivity index (χ2n) is 9.97. The molecule has 0 bridgehead atoms. The number of urea groups is 1. The van der Waals surface area contributed by atoms with Gasteiger partial charge in [-0.3, -0.25) is 14.9 Å². The minimum Gasteiger partial charge on any atom is -0.486 e. The van der Waals surface area contributed by atoms with Crippen molar-refractivity contribution >= 4 is 17.8 Å². The smallest absolute Gasteiger partial charge is 0.317 e. The molecule has 1 aromatic rings. The average Bonchev–Trinajstić information content (AvgIpc) is 3.50. The van der Waals surface area contributed by atoms with Crippen LogP contribution < -0.4 is 20.7 Å². The number of hydrogen-bond acceptors (Lipinski definition) is 5. The van der Waals surface area contributed by atoms with Gasteiger partial charge in [0.1, 0.15) is 29.8 Å². The van der Waals surface area contributed by atoms with Crippen LogP contribution in [0.5, 0.6) is 5.75 Å². The summed E-state index contributed by atoms with van der Waals surface area (Å²) in [6.45, 7) is 0.726. The highest BCUT2D eigenvalue weighted by Gasteiger charge is 2.54. The van der Waals surface area contributed by atoms with Gasteiger partial charge in [0, 0.05) is 13.6 Å². The van der Waals surface area contributed by atoms with Crippen molar-refractivity contribution in [3.63, 3.8) is 0 Å². The molecule has 5 atom stereocenters. The molecule has 200 valence electrons. The number of nitrogens with one attached hydrogen (secondary N) is 3. The average molecular weight is 514 g/mol. The predicted molar refractivity (Wildman–Crippen MR) is 136 cm³/mol. The van der Waals surface area contributed by atoms with Crippen LogP contribution in [-0.2, 0) is 9.59 Å². The molecule has 0 radical (unpaired) electrons. The Morgan fingerprint density at radius 1 is 1.08 bits per heavy atom. The Morgan fingerprint density at radius 3 is 2.41 bits per heavy atom. The molecule has 4 amide bonds. The number of hydrogen-bond donors (Lipinski definition) is 3. The highest BCUT2D eigenvalue weighted by atomic mass is 19.1. The Bertz CT molecular complexity index is 1020. The van der Waals surface area contributed by atoms with Crippen molar-refractivity contribution in [2.75, 3.05) is 27.2 Å². The van der Waals surface area contributed by atoms with Gasteiger partial charge >= 0.3 is 6.03 Å². The quantitative estimate of drug-likeness (QED) is 0.480. The number of halogens is 1. The molecule has 10 heteroatoms. The maximum atomic E-state index is 14.1. The molecule has 0 aromatic heterocycles. The highest BCUT2D eigenvalue weighted by Crippen LogP contribution is 2.36. The van der Waals surface area contributed by atoms with Crippen molar-refractivity contribution in [1.82, 2.24) is 25.8 Å². The van der Waals surface area contributed by atoms with Crippen molar-refractivity contribution in [3.8, 4) is 18.1 Å². The van der Waals surface area contributed by atoms with Crippen LogP contribution in [0.4, 0.5) is 9.18 Å². The summed E-state index contributed by atoms with van der Waals surface area (Å²) < 4.78 is 19.7. The Kier molecular flexibility index (Phi) is 8.54. The fourth-order valence-corrected chi connectivity index (χ4v) is 6.01. The van der Waals surface area contributed by atoms with Gasteiger partial charge in [0.05, 0.1) is 18.6 Å². The van der Waals surface area contributed by atoms with Crippen molar-refractivity contribution in [1.29, 1.82) is 0 Å². The Hall–Kier alpha value is -3.32. The molecule has 9 nitrogen and oxygen atoms in total. The molecule has 0 unspecified atom stereocenters. The van der Waals surface area contributed by atoms with Crippen LogP contribution in [0.1, 0.15) is 38.5 Å². The second kappa shape index (κ2) is 11.8. The lowest BCUT2D eigenvalue weighted by atomic mass is 9.83. The third-order valence-corrected chi connectivity index (χ3v) is 7.84. The van der Waals surface area contributed by atoms with E-state index in [1.807, 2.05) is 0 Å². The molecule has 37 heavy (non-hydrogen) atoms. The van der Waals surface area contributed by atoms with E-state index in [0.717, 1.165) is 32.1 Å². The van der Waals surface area contributed by atoms with Crippen LogP contribution in [0.3, 0.4) is 0 Å². The first kappa shape index (κ1) is 26.7. The van der Waals surface area contributed by atoms with Gasteiger partial charge in [-0.05, 0) is 56.5 Å². The Labute approximate surface area is 217 Å². The number of likely N-dealkylation sites (tertiary alicyclic amines) is 2. The third-order valence-electron chi connectivity index (χ3n) is 7.84. The van der Waals surface area contributed by atoms with Gasteiger partial charge < -0.3 is 25.2 Å². The van der Waals surface area contributed by atoms with Gasteiger partial charge in [-0.1, -0.05) is 25.2 Å². The molecule has 3 aliphatic rings. The van der Waals surface area contributed by atoms with Crippen molar-refractivity contribution in [3.05, 3.63) is 30.1 Å². The lowest BCUT2D eigenvalue weighted by Crippen LogP contribution is -2.58. The van der Waals surface area contributed by atoms with Gasteiger partial charge in [0.25, 0.3) is 0 Å². The first-order chi connectivity index (χ1) is 17.9. The molecule has 3 fully saturated rings. The number of nitrogens with zero attached hydrogens (tertiary/aromatic N) is 2. The lowest BCUT2D eigenvalue weighted by molar-refractivity contribution is -0.140. The molecule has 1 aromatic carbocycles. The maximum absolute atomic E-state index is 14.1. The first-order valence-corrected chi connectivity index (χ1v) is 13.0. The molecule has 2 aliphatic heterocycles. The molecular weight excluding hydrogens is 477 g/mol. The van der Waals surface area contributed by atoms with Crippen LogP contribution in [0, 0.1) is 24.1 Å². The van der Waals surface area contributed by atoms with E-state index in [0.29, 0.717) is 18.7 Å². The highest BCUT2D eigenvalue weighted by molar-refractivity contribution is 5.92. The minimum absolute atomic E-state index is 0.00689. The zero-order valence-corrected chi connectivity index (χ0v) is 21.4. The molecular formula is C27H36FN5O4. The molecule has 2 saturated heterocycles. The van der Waals surface area contributed by atoms with Crippen molar-refractivity contribution in [2.24, 2.45) is 5.92 Å².